The number of carbonyl (C=O) groups is 2. The summed E-state index contributed by atoms with van der Waals surface area (Å²) in [6.45, 7) is 1.59. The van der Waals surface area contributed by atoms with Crippen LogP contribution in [0.25, 0.3) is 0 Å². The van der Waals surface area contributed by atoms with Crippen LogP contribution < -0.4 is 0 Å². The van der Waals surface area contributed by atoms with Crippen molar-refractivity contribution in [3.8, 4) is 0 Å². The molecule has 0 radical (unpaired) electrons. The van der Waals surface area contributed by atoms with Crippen LogP contribution in [0, 0.1) is 23.0 Å². The van der Waals surface area contributed by atoms with Crippen LogP contribution in [0.2, 0.25) is 10.0 Å². The lowest BCUT2D eigenvalue weighted by molar-refractivity contribution is -0.160. The molecule has 6 nitrogen and oxygen atoms in total. The Morgan fingerprint density at radius 3 is 2.31 bits per heavy atom. The van der Waals surface area contributed by atoms with E-state index in [2.05, 4.69) is 0 Å². The number of rotatable bonds is 9. The highest BCUT2D eigenvalue weighted by Gasteiger charge is 2.55. The van der Waals surface area contributed by atoms with E-state index in [0.717, 1.165) is 17.7 Å². The van der Waals surface area contributed by atoms with E-state index in [0.29, 0.717) is 34.5 Å². The van der Waals surface area contributed by atoms with Gasteiger partial charge in [0, 0.05) is 28.1 Å². The van der Waals surface area contributed by atoms with Crippen molar-refractivity contribution < 1.29 is 31.9 Å². The van der Waals surface area contributed by atoms with Crippen molar-refractivity contribution >= 4 is 44.9 Å². The highest BCUT2D eigenvalue weighted by Crippen LogP contribution is 2.54. The molecule has 1 saturated heterocycles. The molecule has 222 valence electrons. The molecule has 1 aliphatic heterocycles. The van der Waals surface area contributed by atoms with Gasteiger partial charge in [0.05, 0.1) is 23.6 Å². The summed E-state index contributed by atoms with van der Waals surface area (Å²) >= 11 is 12.6. The van der Waals surface area contributed by atoms with Crippen LogP contribution in [-0.4, -0.2) is 42.1 Å². The maximum atomic E-state index is 14.7. The van der Waals surface area contributed by atoms with Crippen LogP contribution in [0.5, 0.6) is 0 Å². The number of halogens is 4. The van der Waals surface area contributed by atoms with E-state index in [1.807, 2.05) is 6.07 Å². The van der Waals surface area contributed by atoms with Crippen molar-refractivity contribution in [2.75, 3.05) is 5.75 Å². The molecule has 4 atom stereocenters. The van der Waals surface area contributed by atoms with Gasteiger partial charge in [-0.25, -0.2) is 17.2 Å². The molecule has 3 aromatic rings. The van der Waals surface area contributed by atoms with E-state index < -0.39 is 73.8 Å². The van der Waals surface area contributed by atoms with Crippen molar-refractivity contribution in [2.45, 2.75) is 55.5 Å². The number of piperidine rings is 1. The van der Waals surface area contributed by atoms with Crippen molar-refractivity contribution in [1.29, 1.82) is 0 Å². The Bertz CT molecular complexity index is 1630. The number of aliphatic carboxylic acids is 1. The fourth-order valence-corrected chi connectivity index (χ4v) is 8.23. The van der Waals surface area contributed by atoms with Gasteiger partial charge in [-0.15, -0.1) is 0 Å². The van der Waals surface area contributed by atoms with E-state index in [1.165, 1.54) is 4.90 Å². The smallest absolute Gasteiger partial charge is 0.304 e. The number of benzene rings is 3. The topological polar surface area (TPSA) is 91.8 Å². The molecule has 3 aromatic carbocycles. The minimum atomic E-state index is -4.34. The SMILES string of the molecule is CC1(CC(=O)O)CC(c2cccc(Cl)c2)C(c2ccc(Cl)cc2)N(C(CS(=O)(=O)c2ccc(F)cc2F)C2CC2)C1=O. The highest BCUT2D eigenvalue weighted by molar-refractivity contribution is 7.91. The lowest BCUT2D eigenvalue weighted by Gasteiger charge is -2.52. The fraction of sp³-hybridized carbons (Fsp3) is 0.355. The van der Waals surface area contributed by atoms with Gasteiger partial charge in [-0.3, -0.25) is 9.59 Å². The lowest BCUT2D eigenvalue weighted by Crippen LogP contribution is -2.58. The maximum Gasteiger partial charge on any atom is 0.304 e. The molecule has 1 saturated carbocycles. The Kier molecular flexibility index (Phi) is 8.40. The van der Waals surface area contributed by atoms with Gasteiger partial charge in [0.15, 0.2) is 9.84 Å². The molecule has 1 N–H and O–H groups in total. The van der Waals surface area contributed by atoms with Crippen LogP contribution in [0.3, 0.4) is 0 Å². The molecule has 0 aromatic heterocycles. The average molecular weight is 637 g/mol. The van der Waals surface area contributed by atoms with Gasteiger partial charge in [-0.2, -0.15) is 0 Å². The summed E-state index contributed by atoms with van der Waals surface area (Å²) in [7, 11) is -4.34. The molecule has 5 rings (SSSR count). The summed E-state index contributed by atoms with van der Waals surface area (Å²) in [4.78, 5) is 27.4. The first kappa shape index (κ1) is 30.4. The number of hydrogen-bond donors (Lipinski definition) is 1. The predicted molar refractivity (Wildman–Crippen MR) is 155 cm³/mol. The van der Waals surface area contributed by atoms with Gasteiger partial charge >= 0.3 is 5.97 Å². The molecule has 2 fully saturated rings. The van der Waals surface area contributed by atoms with Gasteiger partial charge < -0.3 is 10.0 Å². The molecule has 42 heavy (non-hydrogen) atoms. The molecule has 0 bridgehead atoms. The number of carboxylic acid groups (broad SMARTS) is 1. The average Bonchev–Trinajstić information content (AvgIpc) is 3.74. The first-order valence-electron chi connectivity index (χ1n) is 13.5. The van der Waals surface area contributed by atoms with Gasteiger partial charge in [0.1, 0.15) is 16.5 Å². The van der Waals surface area contributed by atoms with E-state index in [9.17, 15) is 31.9 Å². The van der Waals surface area contributed by atoms with Crippen molar-refractivity contribution in [1.82, 2.24) is 4.90 Å². The quantitative estimate of drug-likeness (QED) is 0.254. The van der Waals surface area contributed by atoms with E-state index in [-0.39, 0.29) is 12.3 Å². The number of carboxylic acids is 1. The molecular weight excluding hydrogens is 607 g/mol. The zero-order valence-electron chi connectivity index (χ0n) is 22.6. The summed E-state index contributed by atoms with van der Waals surface area (Å²) in [6, 6.07) is 14.7. The zero-order valence-corrected chi connectivity index (χ0v) is 25.0. The number of carbonyl (C=O) groups excluding carboxylic acids is 1. The summed E-state index contributed by atoms with van der Waals surface area (Å²) in [5, 5.41) is 10.7. The third kappa shape index (κ3) is 6.19. The summed E-state index contributed by atoms with van der Waals surface area (Å²) in [6.07, 6.45) is 0.976. The van der Waals surface area contributed by atoms with Gasteiger partial charge in [-0.05, 0) is 72.7 Å². The Hall–Kier alpha value is -3.01. The normalized spacial score (nSPS) is 23.5. The van der Waals surface area contributed by atoms with E-state index >= 15 is 0 Å². The van der Waals surface area contributed by atoms with Gasteiger partial charge in [0.2, 0.25) is 5.91 Å². The number of nitrogens with zero attached hydrogens (tertiary/aromatic N) is 1. The number of amides is 1. The Balaban J connectivity index is 1.69. The Morgan fingerprint density at radius 1 is 1.02 bits per heavy atom. The van der Waals surface area contributed by atoms with E-state index in [4.69, 9.17) is 23.2 Å². The third-order valence-electron chi connectivity index (χ3n) is 8.27. The summed E-state index contributed by atoms with van der Waals surface area (Å²) in [5.74, 6) is -5.06. The maximum absolute atomic E-state index is 14.7. The van der Waals surface area contributed by atoms with Gasteiger partial charge in [0.25, 0.3) is 0 Å². The highest BCUT2D eigenvalue weighted by atomic mass is 35.5. The lowest BCUT2D eigenvalue weighted by atomic mass is 9.67. The fourth-order valence-electron chi connectivity index (χ4n) is 6.21. The van der Waals surface area contributed by atoms with Crippen LogP contribution in [-0.2, 0) is 19.4 Å². The molecule has 1 amide bonds. The second kappa shape index (κ2) is 11.6. The first-order chi connectivity index (χ1) is 19.8. The number of sulfone groups is 1. The number of likely N-dealkylation sites (tertiary alicyclic amines) is 1. The van der Waals surface area contributed by atoms with Crippen LogP contribution in [0.1, 0.15) is 55.7 Å². The van der Waals surface area contributed by atoms with Crippen LogP contribution in [0.4, 0.5) is 8.78 Å². The van der Waals surface area contributed by atoms with Crippen LogP contribution in [0.15, 0.2) is 71.6 Å². The largest absolute Gasteiger partial charge is 0.481 e. The zero-order chi connectivity index (χ0) is 30.4. The summed E-state index contributed by atoms with van der Waals surface area (Å²) < 4.78 is 55.6. The molecule has 4 unspecified atom stereocenters. The molecular formula is C31H29Cl2F2NO5S. The van der Waals surface area contributed by atoms with Crippen molar-refractivity contribution in [2.24, 2.45) is 11.3 Å². The summed E-state index contributed by atoms with van der Waals surface area (Å²) in [5.41, 5.74) is 0.0735. The van der Waals surface area contributed by atoms with Gasteiger partial charge in [-0.1, -0.05) is 54.4 Å². The second-order valence-electron chi connectivity index (χ2n) is 11.5. The first-order valence-corrected chi connectivity index (χ1v) is 15.9. The third-order valence-corrected chi connectivity index (χ3v) is 10.5. The molecule has 2 aliphatic rings. The molecule has 1 heterocycles. The van der Waals surface area contributed by atoms with Crippen LogP contribution >= 0.6 is 23.2 Å². The monoisotopic (exact) mass is 635 g/mol. The molecule has 1 aliphatic carbocycles. The molecule has 0 spiro atoms. The molecule has 11 heteroatoms. The van der Waals surface area contributed by atoms with Crippen molar-refractivity contribution in [3.63, 3.8) is 0 Å². The Morgan fingerprint density at radius 2 is 1.71 bits per heavy atom. The standard InChI is InChI=1S/C31H29Cl2F2NO5S/c1-31(16-28(37)38)15-24(20-3-2-4-22(33)13-20)29(19-7-9-21(32)10-8-19)36(30(31)39)26(18-5-6-18)17-42(40,41)27-12-11-23(34)14-25(27)35/h2-4,7-14,18,24,26,29H,5-6,15-17H2,1H3,(H,37,38). The number of hydrogen-bond acceptors (Lipinski definition) is 4. The Labute approximate surface area is 253 Å². The second-order valence-corrected chi connectivity index (χ2v) is 14.3. The minimum Gasteiger partial charge on any atom is -0.481 e. The van der Waals surface area contributed by atoms with Crippen molar-refractivity contribution in [3.05, 3.63) is 99.5 Å². The van der Waals surface area contributed by atoms with E-state index in [1.54, 1.807) is 49.4 Å². The minimum absolute atomic E-state index is 0.166. The predicted octanol–water partition coefficient (Wildman–Crippen LogP) is 7.06.